The minimum atomic E-state index is 0.379. The van der Waals surface area contributed by atoms with Crippen LogP contribution < -0.4 is 10.1 Å². The Hall–Kier alpha value is -1.06. The van der Waals surface area contributed by atoms with E-state index in [2.05, 4.69) is 41.4 Å². The van der Waals surface area contributed by atoms with Crippen LogP contribution >= 0.6 is 0 Å². The average Bonchev–Trinajstić information content (AvgIpc) is 3.09. The lowest BCUT2D eigenvalue weighted by Crippen LogP contribution is -2.63. The van der Waals surface area contributed by atoms with Crippen LogP contribution in [0.25, 0.3) is 0 Å². The molecule has 1 aromatic rings. The highest BCUT2D eigenvalue weighted by atomic mass is 16.5. The van der Waals surface area contributed by atoms with Crippen molar-refractivity contribution in [1.29, 1.82) is 0 Å². The van der Waals surface area contributed by atoms with Gasteiger partial charge in [0, 0.05) is 30.2 Å². The second-order valence-electron chi connectivity index (χ2n) is 6.75. The highest BCUT2D eigenvalue weighted by Crippen LogP contribution is 2.41. The van der Waals surface area contributed by atoms with Crippen LogP contribution in [0.15, 0.2) is 24.3 Å². The molecule has 0 aromatic heterocycles. The molecule has 1 aliphatic carbocycles. The molecule has 2 fully saturated rings. The molecule has 2 heterocycles. The van der Waals surface area contributed by atoms with E-state index in [1.54, 1.807) is 0 Å². The predicted molar refractivity (Wildman–Crippen MR) is 80.0 cm³/mol. The first-order valence-corrected chi connectivity index (χ1v) is 8.00. The van der Waals surface area contributed by atoms with Gasteiger partial charge in [-0.1, -0.05) is 31.0 Å². The summed E-state index contributed by atoms with van der Waals surface area (Å²) in [6.45, 7) is 5.45. The van der Waals surface area contributed by atoms with Gasteiger partial charge in [0.15, 0.2) is 0 Å². The molecule has 2 unspecified atom stereocenters. The minimum absolute atomic E-state index is 0.379. The van der Waals surface area contributed by atoms with E-state index in [1.807, 2.05) is 0 Å². The lowest BCUT2D eigenvalue weighted by molar-refractivity contribution is 0.0414. The van der Waals surface area contributed by atoms with Gasteiger partial charge >= 0.3 is 0 Å². The quantitative estimate of drug-likeness (QED) is 0.851. The molecular formula is C17H24N2O. The van der Waals surface area contributed by atoms with Crippen LogP contribution in [0.5, 0.6) is 5.75 Å². The highest BCUT2D eigenvalue weighted by Gasteiger charge is 2.43. The Labute approximate surface area is 121 Å². The summed E-state index contributed by atoms with van der Waals surface area (Å²) in [4.78, 5) is 2.69. The minimum Gasteiger partial charge on any atom is -0.491 e. The molecule has 1 aromatic carbocycles. The highest BCUT2D eigenvalue weighted by molar-refractivity contribution is 5.39. The maximum Gasteiger partial charge on any atom is 0.124 e. The number of para-hydroxylation sites is 1. The molecule has 0 amide bonds. The van der Waals surface area contributed by atoms with Gasteiger partial charge in [0.2, 0.25) is 0 Å². The zero-order valence-electron chi connectivity index (χ0n) is 12.3. The zero-order chi connectivity index (χ0) is 13.6. The van der Waals surface area contributed by atoms with E-state index in [4.69, 9.17) is 4.74 Å². The summed E-state index contributed by atoms with van der Waals surface area (Å²) < 4.78 is 5.90. The van der Waals surface area contributed by atoms with Gasteiger partial charge in [0.05, 0.1) is 6.04 Å². The number of ether oxygens (including phenoxy) is 1. The third-order valence-electron chi connectivity index (χ3n) is 5.46. The second kappa shape index (κ2) is 4.74. The number of nitrogens with one attached hydrogen (secondary N) is 1. The third kappa shape index (κ3) is 1.95. The fourth-order valence-electron chi connectivity index (χ4n) is 4.27. The Bertz CT molecular complexity index is 496. The number of hydrogen-bond donors (Lipinski definition) is 1. The SMILES string of the molecule is CC1CNC2(CCCC2)CN1C1COc2ccccc21. The van der Waals surface area contributed by atoms with Crippen LogP contribution in [0.2, 0.25) is 0 Å². The summed E-state index contributed by atoms with van der Waals surface area (Å²) in [5.41, 5.74) is 1.76. The Morgan fingerprint density at radius 1 is 1.25 bits per heavy atom. The molecule has 0 bridgehead atoms. The molecule has 20 heavy (non-hydrogen) atoms. The van der Waals surface area contributed by atoms with E-state index < -0.39 is 0 Å². The van der Waals surface area contributed by atoms with Crippen molar-refractivity contribution < 1.29 is 4.74 Å². The Kier molecular flexibility index (Phi) is 3.00. The summed E-state index contributed by atoms with van der Waals surface area (Å²) >= 11 is 0. The normalized spacial score (nSPS) is 32.2. The number of benzene rings is 1. The van der Waals surface area contributed by atoms with Gasteiger partial charge in [0.1, 0.15) is 12.4 Å². The Morgan fingerprint density at radius 2 is 2.05 bits per heavy atom. The number of nitrogens with zero attached hydrogens (tertiary/aromatic N) is 1. The molecule has 1 saturated heterocycles. The molecule has 1 saturated carbocycles. The summed E-state index contributed by atoms with van der Waals surface area (Å²) in [6, 6.07) is 9.58. The fraction of sp³-hybridized carbons (Fsp3) is 0.647. The van der Waals surface area contributed by atoms with Crippen molar-refractivity contribution in [2.45, 2.75) is 50.2 Å². The molecule has 4 rings (SSSR count). The maximum absolute atomic E-state index is 5.90. The largest absolute Gasteiger partial charge is 0.491 e. The van der Waals surface area contributed by atoms with Gasteiger partial charge in [-0.15, -0.1) is 0 Å². The average molecular weight is 272 g/mol. The molecule has 0 radical (unpaired) electrons. The van der Waals surface area contributed by atoms with Crippen molar-refractivity contribution in [2.24, 2.45) is 0 Å². The first kappa shape index (κ1) is 12.7. The molecule has 2 atom stereocenters. The number of rotatable bonds is 1. The van der Waals surface area contributed by atoms with E-state index in [-0.39, 0.29) is 0 Å². The molecule has 1 spiro atoms. The third-order valence-corrected chi connectivity index (χ3v) is 5.46. The second-order valence-corrected chi connectivity index (χ2v) is 6.75. The lowest BCUT2D eigenvalue weighted by atomic mass is 9.90. The van der Waals surface area contributed by atoms with Crippen LogP contribution in [0, 0.1) is 0 Å². The van der Waals surface area contributed by atoms with Crippen molar-refractivity contribution in [1.82, 2.24) is 10.2 Å². The summed E-state index contributed by atoms with van der Waals surface area (Å²) in [6.07, 6.45) is 5.44. The van der Waals surface area contributed by atoms with E-state index in [1.165, 1.54) is 37.8 Å². The maximum atomic E-state index is 5.90. The van der Waals surface area contributed by atoms with Gasteiger partial charge < -0.3 is 10.1 Å². The van der Waals surface area contributed by atoms with Crippen LogP contribution in [-0.4, -0.2) is 36.2 Å². The van der Waals surface area contributed by atoms with Crippen molar-refractivity contribution in [3.8, 4) is 5.75 Å². The van der Waals surface area contributed by atoms with Crippen molar-refractivity contribution in [2.75, 3.05) is 19.7 Å². The van der Waals surface area contributed by atoms with E-state index in [0.29, 0.717) is 17.6 Å². The van der Waals surface area contributed by atoms with Crippen LogP contribution in [-0.2, 0) is 0 Å². The summed E-state index contributed by atoms with van der Waals surface area (Å²) in [5.74, 6) is 1.09. The van der Waals surface area contributed by atoms with Crippen molar-refractivity contribution in [3.05, 3.63) is 29.8 Å². The van der Waals surface area contributed by atoms with E-state index in [9.17, 15) is 0 Å². The number of piperazine rings is 1. The zero-order valence-corrected chi connectivity index (χ0v) is 12.3. The van der Waals surface area contributed by atoms with Gasteiger partial charge in [-0.05, 0) is 25.8 Å². The topological polar surface area (TPSA) is 24.5 Å². The number of hydrogen-bond acceptors (Lipinski definition) is 3. The smallest absolute Gasteiger partial charge is 0.124 e. The molecule has 1 N–H and O–H groups in total. The molecule has 3 aliphatic rings. The Morgan fingerprint density at radius 3 is 2.90 bits per heavy atom. The van der Waals surface area contributed by atoms with Crippen molar-refractivity contribution in [3.63, 3.8) is 0 Å². The standard InChI is InChI=1S/C17H24N2O/c1-13-10-18-17(8-4-5-9-17)12-19(13)15-11-20-16-7-3-2-6-14(15)16/h2-3,6-7,13,15,18H,4-5,8-12H2,1H3. The molecule has 3 nitrogen and oxygen atoms in total. The lowest BCUT2D eigenvalue weighted by Gasteiger charge is -2.47. The molecule has 3 heteroatoms. The first-order chi connectivity index (χ1) is 9.77. The molecular weight excluding hydrogens is 248 g/mol. The van der Waals surface area contributed by atoms with Gasteiger partial charge in [0.25, 0.3) is 0 Å². The van der Waals surface area contributed by atoms with Crippen LogP contribution in [0.3, 0.4) is 0 Å². The van der Waals surface area contributed by atoms with E-state index in [0.717, 1.165) is 18.9 Å². The van der Waals surface area contributed by atoms with Crippen LogP contribution in [0.1, 0.15) is 44.2 Å². The predicted octanol–water partition coefficient (Wildman–Crippen LogP) is 2.73. The number of fused-ring (bicyclic) bond motifs is 1. The molecule has 108 valence electrons. The van der Waals surface area contributed by atoms with Gasteiger partial charge in [-0.25, -0.2) is 0 Å². The monoisotopic (exact) mass is 272 g/mol. The van der Waals surface area contributed by atoms with Gasteiger partial charge in [-0.2, -0.15) is 0 Å². The van der Waals surface area contributed by atoms with Crippen molar-refractivity contribution >= 4 is 0 Å². The van der Waals surface area contributed by atoms with E-state index >= 15 is 0 Å². The van der Waals surface area contributed by atoms with Gasteiger partial charge in [-0.3, -0.25) is 4.90 Å². The Balaban J connectivity index is 1.61. The first-order valence-electron chi connectivity index (χ1n) is 8.00. The fourth-order valence-corrected chi connectivity index (χ4v) is 4.27. The van der Waals surface area contributed by atoms with Crippen LogP contribution in [0.4, 0.5) is 0 Å². The summed E-state index contributed by atoms with van der Waals surface area (Å²) in [7, 11) is 0. The molecule has 2 aliphatic heterocycles. The summed E-state index contributed by atoms with van der Waals surface area (Å²) in [5, 5.41) is 3.84.